The highest BCUT2D eigenvalue weighted by Gasteiger charge is 2.52. The van der Waals surface area contributed by atoms with Crippen molar-refractivity contribution in [3.63, 3.8) is 0 Å². The van der Waals surface area contributed by atoms with Gasteiger partial charge < -0.3 is 33.9 Å². The lowest BCUT2D eigenvalue weighted by Gasteiger charge is -2.44. The highest BCUT2D eigenvalue weighted by Crippen LogP contribution is 2.28. The fraction of sp³-hybridized carbons (Fsp3) is 0.706. The third-order valence-electron chi connectivity index (χ3n) is 3.68. The number of nitrogens with one attached hydrogen (secondary N) is 1. The summed E-state index contributed by atoms with van der Waals surface area (Å²) in [5.41, 5.74) is 0. The number of urea groups is 1. The first kappa shape index (κ1) is 24.1. The lowest BCUT2D eigenvalue weighted by Crippen LogP contribution is -2.67. The molecule has 0 radical (unpaired) electrons. The molecule has 12 nitrogen and oxygen atoms in total. The molecule has 1 rings (SSSR count). The van der Waals surface area contributed by atoms with Crippen LogP contribution in [0.1, 0.15) is 27.7 Å². The third kappa shape index (κ3) is 7.56. The van der Waals surface area contributed by atoms with Crippen LogP contribution in [-0.4, -0.2) is 86.2 Å². The van der Waals surface area contributed by atoms with Gasteiger partial charge in [0.25, 0.3) is 0 Å². The fourth-order valence-electron chi connectivity index (χ4n) is 2.59. The van der Waals surface area contributed by atoms with E-state index in [1.54, 1.807) is 0 Å². The normalized spacial score (nSPS) is 25.9. The summed E-state index contributed by atoms with van der Waals surface area (Å²) in [5.74, 6) is -2.85. The molecular formula is C17H26N2O10. The van der Waals surface area contributed by atoms with Crippen LogP contribution in [0.15, 0.2) is 0 Å². The van der Waals surface area contributed by atoms with E-state index < -0.39 is 60.6 Å². The maximum atomic E-state index is 12.2. The Morgan fingerprint density at radius 2 is 1.34 bits per heavy atom. The molecule has 1 fully saturated rings. The summed E-state index contributed by atoms with van der Waals surface area (Å²) in [6, 6.07) is -1.82. The van der Waals surface area contributed by atoms with E-state index in [9.17, 15) is 24.0 Å². The van der Waals surface area contributed by atoms with Crippen molar-refractivity contribution in [3.05, 3.63) is 0 Å². The van der Waals surface area contributed by atoms with Crippen molar-refractivity contribution in [2.24, 2.45) is 0 Å². The van der Waals surface area contributed by atoms with Gasteiger partial charge in [0.2, 0.25) is 6.29 Å². The SMILES string of the molecule is CC(=O)OC[C@H]1O[C@@H](OC(C)=O)[C@H](NC(=O)N(C)C)[C@@H](OC(C)=O)[C@@H]1OC(C)=O. The second-order valence-corrected chi connectivity index (χ2v) is 6.47. The van der Waals surface area contributed by atoms with E-state index in [1.807, 2.05) is 0 Å². The Bertz CT molecular complexity index is 650. The predicted molar refractivity (Wildman–Crippen MR) is 94.2 cm³/mol. The van der Waals surface area contributed by atoms with Crippen molar-refractivity contribution >= 4 is 29.9 Å². The summed E-state index contributed by atoms with van der Waals surface area (Å²) < 4.78 is 26.2. The molecule has 1 N–H and O–H groups in total. The van der Waals surface area contributed by atoms with Gasteiger partial charge in [0.15, 0.2) is 12.2 Å². The fourth-order valence-corrected chi connectivity index (χ4v) is 2.59. The van der Waals surface area contributed by atoms with Crippen LogP contribution in [0.3, 0.4) is 0 Å². The first-order chi connectivity index (χ1) is 13.4. The average Bonchev–Trinajstić information content (AvgIpc) is 2.56. The molecule has 29 heavy (non-hydrogen) atoms. The van der Waals surface area contributed by atoms with Crippen LogP contribution >= 0.6 is 0 Å². The van der Waals surface area contributed by atoms with Crippen molar-refractivity contribution in [1.82, 2.24) is 10.2 Å². The van der Waals surface area contributed by atoms with E-state index in [1.165, 1.54) is 19.0 Å². The van der Waals surface area contributed by atoms with Crippen molar-refractivity contribution in [2.75, 3.05) is 20.7 Å². The van der Waals surface area contributed by atoms with Gasteiger partial charge in [-0.25, -0.2) is 4.79 Å². The minimum atomic E-state index is -1.41. The molecule has 0 aliphatic carbocycles. The average molecular weight is 418 g/mol. The Labute approximate surface area is 167 Å². The summed E-state index contributed by atoms with van der Waals surface area (Å²) in [6.45, 7) is 4.15. The van der Waals surface area contributed by atoms with Crippen LogP contribution in [0.2, 0.25) is 0 Å². The number of carbonyl (C=O) groups is 5. The summed E-state index contributed by atoms with van der Waals surface area (Å²) >= 11 is 0. The molecule has 164 valence electrons. The number of ether oxygens (including phenoxy) is 5. The van der Waals surface area contributed by atoms with E-state index in [0.717, 1.165) is 27.7 Å². The smallest absolute Gasteiger partial charge is 0.317 e. The number of amides is 2. The van der Waals surface area contributed by atoms with E-state index in [4.69, 9.17) is 23.7 Å². The molecule has 2 amide bonds. The van der Waals surface area contributed by atoms with Crippen LogP contribution in [-0.2, 0) is 42.9 Å². The van der Waals surface area contributed by atoms with Gasteiger partial charge in [-0.1, -0.05) is 0 Å². The first-order valence-corrected chi connectivity index (χ1v) is 8.70. The Morgan fingerprint density at radius 3 is 1.79 bits per heavy atom. The second kappa shape index (κ2) is 10.6. The van der Waals surface area contributed by atoms with Gasteiger partial charge in [-0.15, -0.1) is 0 Å². The van der Waals surface area contributed by atoms with Gasteiger partial charge in [-0.3, -0.25) is 19.2 Å². The molecule has 5 atom stereocenters. The van der Waals surface area contributed by atoms with Crippen LogP contribution < -0.4 is 5.32 Å². The van der Waals surface area contributed by atoms with Gasteiger partial charge in [-0.05, 0) is 0 Å². The molecule has 1 heterocycles. The maximum absolute atomic E-state index is 12.2. The molecule has 0 saturated carbocycles. The quantitative estimate of drug-likeness (QED) is 0.435. The van der Waals surface area contributed by atoms with Gasteiger partial charge in [0, 0.05) is 41.8 Å². The summed E-state index contributed by atoms with van der Waals surface area (Å²) in [5, 5.41) is 2.53. The Hall–Kier alpha value is -2.89. The number of rotatable bonds is 6. The zero-order valence-electron chi connectivity index (χ0n) is 17.1. The molecule has 1 aliphatic heterocycles. The molecule has 0 unspecified atom stereocenters. The van der Waals surface area contributed by atoms with E-state index >= 15 is 0 Å². The number of hydrogen-bond donors (Lipinski definition) is 1. The minimum Gasteiger partial charge on any atom is -0.463 e. The van der Waals surface area contributed by atoms with E-state index in [2.05, 4.69) is 5.32 Å². The zero-order valence-corrected chi connectivity index (χ0v) is 17.1. The number of carbonyl (C=O) groups excluding carboxylic acids is 5. The first-order valence-electron chi connectivity index (χ1n) is 8.70. The number of nitrogens with zero attached hydrogens (tertiary/aromatic N) is 1. The number of hydrogen-bond acceptors (Lipinski definition) is 10. The van der Waals surface area contributed by atoms with Crippen LogP contribution in [0.4, 0.5) is 4.79 Å². The van der Waals surface area contributed by atoms with E-state index in [-0.39, 0.29) is 6.61 Å². The van der Waals surface area contributed by atoms with Gasteiger partial charge in [0.05, 0.1) is 0 Å². The largest absolute Gasteiger partial charge is 0.463 e. The molecule has 0 bridgehead atoms. The highest BCUT2D eigenvalue weighted by molar-refractivity contribution is 5.74. The minimum absolute atomic E-state index is 0.378. The van der Waals surface area contributed by atoms with Gasteiger partial charge in [0.1, 0.15) is 18.8 Å². The van der Waals surface area contributed by atoms with Crippen molar-refractivity contribution in [1.29, 1.82) is 0 Å². The van der Waals surface area contributed by atoms with Gasteiger partial charge in [-0.2, -0.15) is 0 Å². The summed E-state index contributed by atoms with van der Waals surface area (Å²) in [7, 11) is 2.93. The Kier molecular flexibility index (Phi) is 8.83. The highest BCUT2D eigenvalue weighted by atomic mass is 16.7. The van der Waals surface area contributed by atoms with E-state index in [0.29, 0.717) is 0 Å². The van der Waals surface area contributed by atoms with Crippen LogP contribution in [0, 0.1) is 0 Å². The Morgan fingerprint density at radius 1 is 0.828 bits per heavy atom. The molecule has 0 spiro atoms. The second-order valence-electron chi connectivity index (χ2n) is 6.47. The standard InChI is InChI=1S/C17H26N2O10/c1-8(20)25-7-12-14(26-9(2)21)15(27-10(3)22)13(18-17(24)19(5)6)16(29-12)28-11(4)23/h12-16H,7H2,1-6H3,(H,18,24)/t12-,13-,14-,15-,16-/m1/s1. The zero-order chi connectivity index (χ0) is 22.3. The molecular weight excluding hydrogens is 392 g/mol. The maximum Gasteiger partial charge on any atom is 0.317 e. The topological polar surface area (TPSA) is 147 Å². The molecule has 0 aromatic rings. The van der Waals surface area contributed by atoms with Crippen molar-refractivity contribution in [2.45, 2.75) is 58.3 Å². The Balaban J connectivity index is 3.34. The van der Waals surface area contributed by atoms with Gasteiger partial charge >= 0.3 is 29.9 Å². The van der Waals surface area contributed by atoms with Crippen molar-refractivity contribution < 1.29 is 47.7 Å². The lowest BCUT2D eigenvalue weighted by atomic mass is 9.96. The molecule has 1 saturated heterocycles. The molecule has 1 aliphatic rings. The molecule has 12 heteroatoms. The monoisotopic (exact) mass is 418 g/mol. The lowest BCUT2D eigenvalue weighted by molar-refractivity contribution is -0.270. The predicted octanol–water partition coefficient (Wildman–Crippen LogP) is -0.659. The van der Waals surface area contributed by atoms with Crippen LogP contribution in [0.5, 0.6) is 0 Å². The van der Waals surface area contributed by atoms with Crippen LogP contribution in [0.25, 0.3) is 0 Å². The number of esters is 4. The summed E-state index contributed by atoms with van der Waals surface area (Å²) in [6.07, 6.45) is -5.09. The molecule has 0 aromatic carbocycles. The van der Waals surface area contributed by atoms with Crippen molar-refractivity contribution in [3.8, 4) is 0 Å². The third-order valence-corrected chi connectivity index (χ3v) is 3.68. The molecule has 0 aromatic heterocycles. The summed E-state index contributed by atoms with van der Waals surface area (Å²) in [4.78, 5) is 59.4.